The number of nitrogens with zero attached hydrogens (tertiary/aromatic N) is 1. The van der Waals surface area contributed by atoms with Crippen LogP contribution in [0.15, 0.2) is 0 Å². The van der Waals surface area contributed by atoms with Crippen molar-refractivity contribution in [2.45, 2.75) is 76.8 Å². The molecule has 0 bridgehead atoms. The van der Waals surface area contributed by atoms with E-state index in [-0.39, 0.29) is 25.0 Å². The number of carboxylic acid groups (broad SMARTS) is 1. The van der Waals surface area contributed by atoms with Crippen molar-refractivity contribution in [1.29, 1.82) is 0 Å². The number of aliphatic hydroxyl groups excluding tert-OH is 2. The van der Waals surface area contributed by atoms with E-state index in [9.17, 15) is 30.0 Å². The molecule has 0 amide bonds. The first-order chi connectivity index (χ1) is 15.3. The van der Waals surface area contributed by atoms with Crippen LogP contribution in [0.3, 0.4) is 0 Å². The molecule has 1 unspecified atom stereocenters. The Hall–Kier alpha value is -1.50. The summed E-state index contributed by atoms with van der Waals surface area (Å²) in [4.78, 5) is 25.2. The maximum absolute atomic E-state index is 11.9. The van der Waals surface area contributed by atoms with Crippen molar-refractivity contribution in [3.63, 3.8) is 0 Å². The fourth-order valence-corrected chi connectivity index (χ4v) is 4.36. The van der Waals surface area contributed by atoms with Crippen LogP contribution in [-0.4, -0.2) is 108 Å². The maximum atomic E-state index is 11.9. The second-order valence-electron chi connectivity index (χ2n) is 9.48. The first-order valence-corrected chi connectivity index (χ1v) is 11.2. The summed E-state index contributed by atoms with van der Waals surface area (Å²) >= 11 is 0. The molecule has 194 valence electrons. The molecule has 0 aromatic heterocycles. The first kappa shape index (κ1) is 29.5. The van der Waals surface area contributed by atoms with Crippen molar-refractivity contribution in [1.82, 2.24) is 4.90 Å². The summed E-state index contributed by atoms with van der Waals surface area (Å²) in [5.41, 5.74) is -1.58. The van der Waals surface area contributed by atoms with E-state index >= 15 is 0 Å². The third-order valence-corrected chi connectivity index (χ3v) is 6.29. The molecule has 0 saturated carbocycles. The van der Waals surface area contributed by atoms with Crippen LogP contribution < -0.4 is 0 Å². The zero-order chi connectivity index (χ0) is 25.5. The number of ether oxygens (including phenoxy) is 4. The SMILES string of the molecule is COC(=O)O[C@H]1[C@H](OC([C@@H](C)[C@H](O)[C@@H](C)C(=O)O)[C@](C)(O)C[C@@H](C)CO)OCC[C@@H]1N(C)C. The number of carbonyl (C=O) groups is 2. The number of aliphatic carboxylic acids is 1. The van der Waals surface area contributed by atoms with Gasteiger partial charge in [0.05, 0.1) is 43.5 Å². The molecule has 11 heteroatoms. The number of methoxy groups -OCH3 is 1. The molecule has 0 aliphatic carbocycles. The summed E-state index contributed by atoms with van der Waals surface area (Å²) in [6, 6.07) is -0.275. The number of likely N-dealkylation sites (N-methyl/N-ethyl adjacent to an activating group) is 1. The number of hydrogen-bond acceptors (Lipinski definition) is 10. The number of hydrogen-bond donors (Lipinski definition) is 4. The average Bonchev–Trinajstić information content (AvgIpc) is 2.75. The van der Waals surface area contributed by atoms with Crippen molar-refractivity contribution in [2.75, 3.05) is 34.4 Å². The molecule has 1 aliphatic heterocycles. The van der Waals surface area contributed by atoms with Gasteiger partial charge in [-0.05, 0) is 46.7 Å². The fourth-order valence-electron chi connectivity index (χ4n) is 4.36. The maximum Gasteiger partial charge on any atom is 0.508 e. The first-order valence-electron chi connectivity index (χ1n) is 11.2. The minimum atomic E-state index is -1.58. The lowest BCUT2D eigenvalue weighted by Crippen LogP contribution is -2.59. The van der Waals surface area contributed by atoms with Gasteiger partial charge in [-0.1, -0.05) is 13.8 Å². The number of aliphatic hydroxyl groups is 3. The molecule has 1 saturated heterocycles. The molecule has 9 atom stereocenters. The quantitative estimate of drug-likeness (QED) is 0.292. The van der Waals surface area contributed by atoms with E-state index in [1.807, 2.05) is 19.0 Å². The minimum absolute atomic E-state index is 0.110. The lowest BCUT2D eigenvalue weighted by Gasteiger charge is -2.45. The lowest BCUT2D eigenvalue weighted by molar-refractivity contribution is -0.286. The van der Waals surface area contributed by atoms with E-state index in [4.69, 9.17) is 14.2 Å². The van der Waals surface area contributed by atoms with E-state index in [1.165, 1.54) is 21.0 Å². The molecular weight excluding hydrogens is 438 g/mol. The van der Waals surface area contributed by atoms with Crippen molar-refractivity contribution >= 4 is 12.1 Å². The molecule has 0 radical (unpaired) electrons. The number of carbonyl (C=O) groups excluding carboxylic acids is 1. The third-order valence-electron chi connectivity index (χ3n) is 6.29. The van der Waals surface area contributed by atoms with E-state index in [2.05, 4.69) is 4.74 Å². The molecule has 0 aromatic rings. The van der Waals surface area contributed by atoms with Crippen LogP contribution >= 0.6 is 0 Å². The van der Waals surface area contributed by atoms with Crippen LogP contribution in [0.1, 0.15) is 40.5 Å². The van der Waals surface area contributed by atoms with E-state index in [0.29, 0.717) is 13.0 Å². The van der Waals surface area contributed by atoms with Gasteiger partial charge in [-0.25, -0.2) is 4.79 Å². The summed E-state index contributed by atoms with van der Waals surface area (Å²) in [6.07, 6.45) is -4.74. The van der Waals surface area contributed by atoms with Crippen molar-refractivity contribution in [3.8, 4) is 0 Å². The Kier molecular flexibility index (Phi) is 11.5. The summed E-state index contributed by atoms with van der Waals surface area (Å²) in [5.74, 6) is -3.46. The van der Waals surface area contributed by atoms with Gasteiger partial charge in [-0.2, -0.15) is 0 Å². The second-order valence-corrected chi connectivity index (χ2v) is 9.48. The Morgan fingerprint density at radius 1 is 1.24 bits per heavy atom. The van der Waals surface area contributed by atoms with E-state index in [1.54, 1.807) is 13.8 Å². The largest absolute Gasteiger partial charge is 0.508 e. The predicted octanol–water partition coefficient (Wildman–Crippen LogP) is 0.687. The monoisotopic (exact) mass is 479 g/mol. The standard InChI is InChI=1S/C22H41NO10/c1-12(11-24)10-22(4,29)18(13(2)16(25)14(3)19(26)27)33-20-17(32-21(28)30-7)15(23(5)6)8-9-31-20/h12-18,20,24-25,29H,8-11H2,1-7H3,(H,26,27)/t12-,13+,14-,15+,16+,17-,18?,20+,22-/m1/s1. The van der Waals surface area contributed by atoms with Crippen molar-refractivity contribution in [2.24, 2.45) is 17.8 Å². The Labute approximate surface area is 195 Å². The van der Waals surface area contributed by atoms with Gasteiger partial charge in [-0.15, -0.1) is 0 Å². The van der Waals surface area contributed by atoms with Gasteiger partial charge in [0.2, 0.25) is 0 Å². The topological polar surface area (TPSA) is 155 Å². The van der Waals surface area contributed by atoms with Crippen LogP contribution in [-0.2, 0) is 23.7 Å². The van der Waals surface area contributed by atoms with Crippen molar-refractivity contribution < 1.29 is 49.0 Å². The van der Waals surface area contributed by atoms with Crippen LogP contribution in [0.5, 0.6) is 0 Å². The number of rotatable bonds is 12. The van der Waals surface area contributed by atoms with Gasteiger partial charge in [-0.3, -0.25) is 4.79 Å². The molecular formula is C22H41NO10. The average molecular weight is 480 g/mol. The molecule has 0 spiro atoms. The molecule has 1 fully saturated rings. The molecule has 1 rings (SSSR count). The Morgan fingerprint density at radius 3 is 2.33 bits per heavy atom. The highest BCUT2D eigenvalue weighted by atomic mass is 16.8. The Morgan fingerprint density at radius 2 is 1.85 bits per heavy atom. The van der Waals surface area contributed by atoms with Crippen LogP contribution in [0.2, 0.25) is 0 Å². The highest BCUT2D eigenvalue weighted by molar-refractivity contribution is 5.70. The zero-order valence-electron chi connectivity index (χ0n) is 20.6. The van der Waals surface area contributed by atoms with Crippen LogP contribution in [0, 0.1) is 17.8 Å². The fraction of sp³-hybridized carbons (Fsp3) is 0.909. The predicted molar refractivity (Wildman–Crippen MR) is 117 cm³/mol. The molecule has 0 aromatic carbocycles. The van der Waals surface area contributed by atoms with E-state index < -0.39 is 54.2 Å². The zero-order valence-corrected chi connectivity index (χ0v) is 20.6. The Balaban J connectivity index is 3.32. The van der Waals surface area contributed by atoms with E-state index in [0.717, 1.165) is 0 Å². The summed E-state index contributed by atoms with van der Waals surface area (Å²) in [7, 11) is 4.82. The van der Waals surface area contributed by atoms with Gasteiger partial charge in [0, 0.05) is 12.5 Å². The molecule has 4 N–H and O–H groups in total. The third kappa shape index (κ3) is 8.04. The summed E-state index contributed by atoms with van der Waals surface area (Å²) < 4.78 is 22.0. The highest BCUT2D eigenvalue weighted by Gasteiger charge is 2.48. The molecule has 1 heterocycles. The normalized spacial score (nSPS) is 27.7. The Bertz CT molecular complexity index is 628. The molecule has 11 nitrogen and oxygen atoms in total. The summed E-state index contributed by atoms with van der Waals surface area (Å²) in [5, 5.41) is 40.9. The van der Waals surface area contributed by atoms with Gasteiger partial charge < -0.3 is 44.3 Å². The minimum Gasteiger partial charge on any atom is -0.481 e. The van der Waals surface area contributed by atoms with Gasteiger partial charge in [0.25, 0.3) is 0 Å². The van der Waals surface area contributed by atoms with Crippen LogP contribution in [0.25, 0.3) is 0 Å². The molecule has 1 aliphatic rings. The summed E-state index contributed by atoms with van der Waals surface area (Å²) in [6.45, 7) is 6.31. The smallest absolute Gasteiger partial charge is 0.481 e. The van der Waals surface area contributed by atoms with Crippen molar-refractivity contribution in [3.05, 3.63) is 0 Å². The second kappa shape index (κ2) is 12.8. The molecule has 33 heavy (non-hydrogen) atoms. The lowest BCUT2D eigenvalue weighted by atomic mass is 9.78. The number of carboxylic acids is 1. The van der Waals surface area contributed by atoms with Gasteiger partial charge in [0.1, 0.15) is 0 Å². The highest BCUT2D eigenvalue weighted by Crippen LogP contribution is 2.34. The van der Waals surface area contributed by atoms with Crippen LogP contribution in [0.4, 0.5) is 4.79 Å². The van der Waals surface area contributed by atoms with Gasteiger partial charge >= 0.3 is 12.1 Å². The van der Waals surface area contributed by atoms with Gasteiger partial charge in [0.15, 0.2) is 12.4 Å².